The van der Waals surface area contributed by atoms with Crippen molar-refractivity contribution in [2.45, 2.75) is 58.8 Å². The van der Waals surface area contributed by atoms with Crippen LogP contribution in [0.25, 0.3) is 0 Å². The lowest BCUT2D eigenvalue weighted by molar-refractivity contribution is 0.0163. The number of rotatable bonds is 16. The fourth-order valence-electron chi connectivity index (χ4n) is 4.78. The van der Waals surface area contributed by atoms with Crippen LogP contribution in [0.2, 0.25) is 0 Å². The molecule has 220 valence electrons. The number of epoxide rings is 2. The molecule has 0 amide bonds. The highest BCUT2D eigenvalue weighted by Crippen LogP contribution is 2.31. The van der Waals surface area contributed by atoms with Crippen LogP contribution in [0.4, 0.5) is 0 Å². The van der Waals surface area contributed by atoms with E-state index in [0.29, 0.717) is 19.8 Å². The van der Waals surface area contributed by atoms with Gasteiger partial charge in [0.25, 0.3) is 0 Å². The molecule has 2 aliphatic rings. The van der Waals surface area contributed by atoms with Crippen molar-refractivity contribution >= 4 is 0 Å². The van der Waals surface area contributed by atoms with Crippen LogP contribution in [0, 0.1) is 20.8 Å². The molecule has 0 aliphatic carbocycles. The lowest BCUT2D eigenvalue weighted by Crippen LogP contribution is -2.23. The highest BCUT2D eigenvalue weighted by molar-refractivity contribution is 5.49. The van der Waals surface area contributed by atoms with Gasteiger partial charge in [0.15, 0.2) is 0 Å². The van der Waals surface area contributed by atoms with E-state index >= 15 is 0 Å². The molecule has 3 unspecified atom stereocenters. The van der Waals surface area contributed by atoms with E-state index in [-0.39, 0.29) is 25.4 Å². The summed E-state index contributed by atoms with van der Waals surface area (Å²) >= 11 is 0. The molecule has 7 nitrogen and oxygen atoms in total. The molecule has 0 aromatic heterocycles. The second-order valence-electron chi connectivity index (χ2n) is 11.0. The summed E-state index contributed by atoms with van der Waals surface area (Å²) in [6.45, 7) is 11.9. The Morgan fingerprint density at radius 1 is 0.756 bits per heavy atom. The van der Waals surface area contributed by atoms with E-state index in [1.54, 1.807) is 0 Å². The van der Waals surface area contributed by atoms with Gasteiger partial charge in [0.1, 0.15) is 55.4 Å². The Hall–Kier alpha value is -3.10. The van der Waals surface area contributed by atoms with Gasteiger partial charge in [-0.2, -0.15) is 0 Å². The van der Waals surface area contributed by atoms with Gasteiger partial charge in [0.2, 0.25) is 0 Å². The molecule has 7 heteroatoms. The van der Waals surface area contributed by atoms with E-state index < -0.39 is 6.10 Å². The van der Waals surface area contributed by atoms with Crippen LogP contribution in [-0.2, 0) is 27.1 Å². The molecule has 2 heterocycles. The topological polar surface area (TPSA) is 82.2 Å². The van der Waals surface area contributed by atoms with E-state index in [2.05, 4.69) is 57.2 Å². The summed E-state index contributed by atoms with van der Waals surface area (Å²) in [5.74, 6) is 2.58. The second-order valence-corrected chi connectivity index (χ2v) is 11.0. The van der Waals surface area contributed by atoms with Gasteiger partial charge in [-0.3, -0.25) is 0 Å². The Labute approximate surface area is 243 Å². The fourth-order valence-corrected chi connectivity index (χ4v) is 4.78. The van der Waals surface area contributed by atoms with Gasteiger partial charge < -0.3 is 33.5 Å². The third-order valence-corrected chi connectivity index (χ3v) is 7.57. The molecule has 3 atom stereocenters. The number of ether oxygens (including phenoxy) is 6. The van der Waals surface area contributed by atoms with E-state index in [1.807, 2.05) is 19.1 Å². The minimum Gasteiger partial charge on any atom is -0.491 e. The predicted octanol–water partition coefficient (Wildman–Crippen LogP) is 5.12. The largest absolute Gasteiger partial charge is 0.491 e. The minimum atomic E-state index is -0.664. The van der Waals surface area contributed by atoms with Gasteiger partial charge in [-0.1, -0.05) is 30.3 Å². The van der Waals surface area contributed by atoms with Crippen molar-refractivity contribution in [3.63, 3.8) is 0 Å². The molecule has 1 N–H and O–H groups in total. The average Bonchev–Trinajstić information content (AvgIpc) is 3.89. The van der Waals surface area contributed by atoms with E-state index in [4.69, 9.17) is 28.4 Å². The molecular weight excluding hydrogens is 520 g/mol. The number of hydrogen-bond donors (Lipinski definition) is 1. The van der Waals surface area contributed by atoms with Crippen LogP contribution in [0.3, 0.4) is 0 Å². The summed E-state index contributed by atoms with van der Waals surface area (Å²) in [6.07, 6.45) is 1.24. The lowest BCUT2D eigenvalue weighted by Gasteiger charge is -2.18. The quantitative estimate of drug-likeness (QED) is 0.243. The summed E-state index contributed by atoms with van der Waals surface area (Å²) < 4.78 is 34.3. The zero-order valence-corrected chi connectivity index (χ0v) is 24.6. The Bertz CT molecular complexity index is 1310. The molecule has 3 aromatic carbocycles. The molecule has 2 aliphatic heterocycles. The molecular formula is C34H42O7. The van der Waals surface area contributed by atoms with Crippen molar-refractivity contribution in [2.24, 2.45) is 0 Å². The molecule has 0 saturated carbocycles. The number of aliphatic hydroxyl groups is 1. The summed E-state index contributed by atoms with van der Waals surface area (Å²) in [5.41, 5.74) is 8.07. The first kappa shape index (κ1) is 29.4. The van der Waals surface area contributed by atoms with Crippen molar-refractivity contribution in [3.8, 4) is 17.2 Å². The predicted molar refractivity (Wildman–Crippen MR) is 158 cm³/mol. The van der Waals surface area contributed by atoms with Crippen molar-refractivity contribution in [1.29, 1.82) is 0 Å². The average molecular weight is 563 g/mol. The molecule has 0 radical (unpaired) electrons. The van der Waals surface area contributed by atoms with Crippen LogP contribution >= 0.6 is 0 Å². The summed E-state index contributed by atoms with van der Waals surface area (Å²) in [5, 5.41) is 10.1. The van der Waals surface area contributed by atoms with E-state index in [1.165, 1.54) is 22.3 Å². The third kappa shape index (κ3) is 8.46. The first-order valence-electron chi connectivity index (χ1n) is 14.6. The zero-order valence-electron chi connectivity index (χ0n) is 24.6. The third-order valence-electron chi connectivity index (χ3n) is 7.57. The van der Waals surface area contributed by atoms with Crippen molar-refractivity contribution in [2.75, 3.05) is 46.2 Å². The molecule has 2 fully saturated rings. The Morgan fingerprint density at radius 3 is 2.12 bits per heavy atom. The molecule has 41 heavy (non-hydrogen) atoms. The van der Waals surface area contributed by atoms with E-state index in [9.17, 15) is 5.11 Å². The second kappa shape index (κ2) is 13.7. The molecule has 0 spiro atoms. The Balaban J connectivity index is 1.35. The van der Waals surface area contributed by atoms with Crippen molar-refractivity contribution in [3.05, 3.63) is 87.5 Å². The minimum absolute atomic E-state index is 0.183. The number of benzene rings is 3. The molecule has 0 bridgehead atoms. The van der Waals surface area contributed by atoms with E-state index in [0.717, 1.165) is 60.0 Å². The highest BCUT2D eigenvalue weighted by atomic mass is 16.6. The van der Waals surface area contributed by atoms with Crippen LogP contribution < -0.4 is 14.2 Å². The monoisotopic (exact) mass is 562 g/mol. The van der Waals surface area contributed by atoms with Gasteiger partial charge >= 0.3 is 0 Å². The van der Waals surface area contributed by atoms with Crippen LogP contribution in [0.15, 0.2) is 48.5 Å². The number of aryl methyl sites for hydroxylation is 1. The summed E-state index contributed by atoms with van der Waals surface area (Å²) in [4.78, 5) is 0. The number of hydrogen-bond acceptors (Lipinski definition) is 7. The van der Waals surface area contributed by atoms with Gasteiger partial charge in [0.05, 0.1) is 19.8 Å². The lowest BCUT2D eigenvalue weighted by atomic mass is 9.93. The first-order chi connectivity index (χ1) is 19.9. The van der Waals surface area contributed by atoms with Gasteiger partial charge in [-0.15, -0.1) is 0 Å². The van der Waals surface area contributed by atoms with Crippen LogP contribution in [0.1, 0.15) is 45.9 Å². The van der Waals surface area contributed by atoms with Crippen molar-refractivity contribution in [1.82, 2.24) is 0 Å². The number of aliphatic hydroxyl groups excluding tert-OH is 1. The Kier molecular flexibility index (Phi) is 9.83. The Morgan fingerprint density at radius 2 is 1.41 bits per heavy atom. The summed E-state index contributed by atoms with van der Waals surface area (Å²) in [7, 11) is 0. The van der Waals surface area contributed by atoms with Gasteiger partial charge in [-0.05, 0) is 97.7 Å². The SMILES string of the molecule is CCOCC(O)COc1cccc(Cc2cc(Cc3ccc(C)c(OCC4CO4)c3)c(C)c(OCC3CO3)c2)c1C. The summed E-state index contributed by atoms with van der Waals surface area (Å²) in [6, 6.07) is 17.0. The standard InChI is InChI=1S/C34H42O7/c1-5-36-16-29(35)17-39-32-8-6-7-27(23(32)3)12-26-13-28(24(4)34(15-26)41-21-31-19-38-31)11-25-10-9-22(2)33(14-25)40-20-30-18-37-30/h6-10,13-15,29-31,35H,5,11-12,16-21H2,1-4H3. The first-order valence-corrected chi connectivity index (χ1v) is 14.6. The highest BCUT2D eigenvalue weighted by Gasteiger charge is 2.25. The zero-order chi connectivity index (χ0) is 28.8. The molecule has 2 saturated heterocycles. The normalized spacial score (nSPS) is 18.2. The maximum atomic E-state index is 10.1. The van der Waals surface area contributed by atoms with Crippen LogP contribution in [0.5, 0.6) is 17.2 Å². The smallest absolute Gasteiger partial charge is 0.122 e. The van der Waals surface area contributed by atoms with Gasteiger partial charge in [0, 0.05) is 6.61 Å². The maximum Gasteiger partial charge on any atom is 0.122 e. The van der Waals surface area contributed by atoms with Crippen molar-refractivity contribution < 1.29 is 33.5 Å². The molecule has 3 aromatic rings. The van der Waals surface area contributed by atoms with Gasteiger partial charge in [-0.25, -0.2) is 0 Å². The maximum absolute atomic E-state index is 10.1. The molecule has 5 rings (SSSR count). The fraction of sp³-hybridized carbons (Fsp3) is 0.471. The van der Waals surface area contributed by atoms with Crippen LogP contribution in [-0.4, -0.2) is 69.7 Å².